The summed E-state index contributed by atoms with van der Waals surface area (Å²) >= 11 is 0. The molecule has 2 N–H and O–H groups in total. The molecule has 0 spiro atoms. The Morgan fingerprint density at radius 2 is 1.47 bits per heavy atom. The Hall–Kier alpha value is -2.16. The van der Waals surface area contributed by atoms with E-state index in [0.717, 1.165) is 28.3 Å². The zero-order valence-electron chi connectivity index (χ0n) is 9.94. The maximum Gasteiger partial charge on any atom is 0.123 e. The molecule has 2 aromatic carbocycles. The molecule has 0 fully saturated rings. The van der Waals surface area contributed by atoms with Crippen LogP contribution in [0.4, 0.5) is 5.69 Å². The van der Waals surface area contributed by atoms with Crippen LogP contribution in [0.25, 0.3) is 11.1 Å². The van der Waals surface area contributed by atoms with Crippen LogP contribution in [-0.2, 0) is 0 Å². The summed E-state index contributed by atoms with van der Waals surface area (Å²) in [5.41, 5.74) is 8.58. The average molecular weight is 229 g/mol. The summed E-state index contributed by atoms with van der Waals surface area (Å²) in [6, 6.07) is 13.5. The van der Waals surface area contributed by atoms with E-state index in [1.807, 2.05) is 42.5 Å². The molecule has 0 aliphatic heterocycles. The SMILES string of the molecule is COc1cc(OC)cc(-c2cccc(N)c2)c1. The quantitative estimate of drug-likeness (QED) is 0.823. The van der Waals surface area contributed by atoms with Crippen molar-refractivity contribution in [2.24, 2.45) is 0 Å². The van der Waals surface area contributed by atoms with Crippen LogP contribution >= 0.6 is 0 Å². The van der Waals surface area contributed by atoms with Gasteiger partial charge in [0.05, 0.1) is 14.2 Å². The second kappa shape index (κ2) is 4.78. The van der Waals surface area contributed by atoms with Crippen LogP contribution < -0.4 is 15.2 Å². The molecule has 0 atom stereocenters. The summed E-state index contributed by atoms with van der Waals surface area (Å²) < 4.78 is 10.5. The highest BCUT2D eigenvalue weighted by molar-refractivity contribution is 5.70. The van der Waals surface area contributed by atoms with Gasteiger partial charge in [-0.3, -0.25) is 0 Å². The van der Waals surface area contributed by atoms with Crippen molar-refractivity contribution in [1.29, 1.82) is 0 Å². The number of hydrogen-bond acceptors (Lipinski definition) is 3. The van der Waals surface area contributed by atoms with Crippen LogP contribution in [0.15, 0.2) is 42.5 Å². The van der Waals surface area contributed by atoms with E-state index in [-0.39, 0.29) is 0 Å². The maximum absolute atomic E-state index is 5.77. The molecule has 0 aromatic heterocycles. The van der Waals surface area contributed by atoms with Gasteiger partial charge in [0.2, 0.25) is 0 Å². The van der Waals surface area contributed by atoms with Crippen molar-refractivity contribution in [2.75, 3.05) is 20.0 Å². The Kier molecular flexibility index (Phi) is 3.19. The maximum atomic E-state index is 5.77. The van der Waals surface area contributed by atoms with E-state index in [1.54, 1.807) is 14.2 Å². The average Bonchev–Trinajstić information content (AvgIpc) is 2.38. The van der Waals surface area contributed by atoms with Gasteiger partial charge in [-0.05, 0) is 35.4 Å². The van der Waals surface area contributed by atoms with Crippen LogP contribution in [0.1, 0.15) is 0 Å². The van der Waals surface area contributed by atoms with Gasteiger partial charge in [-0.2, -0.15) is 0 Å². The van der Waals surface area contributed by atoms with Gasteiger partial charge >= 0.3 is 0 Å². The van der Waals surface area contributed by atoms with Crippen molar-refractivity contribution in [1.82, 2.24) is 0 Å². The Balaban J connectivity index is 2.50. The first-order valence-electron chi connectivity index (χ1n) is 5.32. The molecular weight excluding hydrogens is 214 g/mol. The third-order valence-electron chi connectivity index (χ3n) is 2.57. The molecule has 0 unspecified atom stereocenters. The highest BCUT2D eigenvalue weighted by Gasteiger charge is 2.04. The van der Waals surface area contributed by atoms with Gasteiger partial charge in [-0.1, -0.05) is 12.1 Å². The molecule has 0 radical (unpaired) electrons. The van der Waals surface area contributed by atoms with Gasteiger partial charge < -0.3 is 15.2 Å². The van der Waals surface area contributed by atoms with E-state index in [9.17, 15) is 0 Å². The number of anilines is 1. The smallest absolute Gasteiger partial charge is 0.123 e. The number of nitrogens with two attached hydrogens (primary N) is 1. The second-order valence-corrected chi connectivity index (χ2v) is 3.73. The molecule has 0 amide bonds. The third kappa shape index (κ3) is 2.50. The number of benzene rings is 2. The van der Waals surface area contributed by atoms with Gasteiger partial charge in [0.25, 0.3) is 0 Å². The van der Waals surface area contributed by atoms with Gasteiger partial charge in [0.15, 0.2) is 0 Å². The topological polar surface area (TPSA) is 44.5 Å². The minimum atomic E-state index is 0.740. The molecule has 0 aliphatic carbocycles. The molecule has 0 saturated carbocycles. The normalized spacial score (nSPS) is 10.0. The largest absolute Gasteiger partial charge is 0.497 e. The highest BCUT2D eigenvalue weighted by Crippen LogP contribution is 2.30. The van der Waals surface area contributed by atoms with Crippen molar-refractivity contribution in [3.63, 3.8) is 0 Å². The van der Waals surface area contributed by atoms with Gasteiger partial charge in [0.1, 0.15) is 11.5 Å². The summed E-state index contributed by atoms with van der Waals surface area (Å²) in [7, 11) is 3.27. The lowest BCUT2D eigenvalue weighted by molar-refractivity contribution is 0.394. The number of nitrogen functional groups attached to an aromatic ring is 1. The minimum absolute atomic E-state index is 0.740. The lowest BCUT2D eigenvalue weighted by Gasteiger charge is -2.09. The summed E-state index contributed by atoms with van der Waals surface area (Å²) in [6.45, 7) is 0. The monoisotopic (exact) mass is 229 g/mol. The summed E-state index contributed by atoms with van der Waals surface area (Å²) in [6.07, 6.45) is 0. The second-order valence-electron chi connectivity index (χ2n) is 3.73. The van der Waals surface area contributed by atoms with E-state index < -0.39 is 0 Å². The van der Waals surface area contributed by atoms with Crippen molar-refractivity contribution < 1.29 is 9.47 Å². The summed E-state index contributed by atoms with van der Waals surface area (Å²) in [5, 5.41) is 0. The fraction of sp³-hybridized carbons (Fsp3) is 0.143. The Labute approximate surface area is 101 Å². The van der Waals surface area contributed by atoms with Crippen LogP contribution in [0.2, 0.25) is 0 Å². The predicted octanol–water partition coefficient (Wildman–Crippen LogP) is 2.95. The molecule has 0 saturated heterocycles. The molecule has 0 bridgehead atoms. The predicted molar refractivity (Wildman–Crippen MR) is 69.4 cm³/mol. The number of rotatable bonds is 3. The molecule has 2 rings (SSSR count). The first-order valence-corrected chi connectivity index (χ1v) is 5.32. The van der Waals surface area contributed by atoms with Gasteiger partial charge in [0, 0.05) is 11.8 Å². The fourth-order valence-corrected chi connectivity index (χ4v) is 1.69. The van der Waals surface area contributed by atoms with E-state index in [1.165, 1.54) is 0 Å². The van der Waals surface area contributed by atoms with E-state index in [4.69, 9.17) is 15.2 Å². The number of ether oxygens (including phenoxy) is 2. The zero-order chi connectivity index (χ0) is 12.3. The Bertz CT molecular complexity index is 501. The van der Waals surface area contributed by atoms with Gasteiger partial charge in [-0.25, -0.2) is 0 Å². The van der Waals surface area contributed by atoms with Crippen LogP contribution in [0, 0.1) is 0 Å². The number of methoxy groups -OCH3 is 2. The zero-order valence-corrected chi connectivity index (χ0v) is 9.94. The van der Waals surface area contributed by atoms with Crippen molar-refractivity contribution >= 4 is 5.69 Å². The highest BCUT2D eigenvalue weighted by atomic mass is 16.5. The minimum Gasteiger partial charge on any atom is -0.497 e. The Morgan fingerprint density at radius 3 is 2.00 bits per heavy atom. The van der Waals surface area contributed by atoms with Crippen molar-refractivity contribution in [2.45, 2.75) is 0 Å². The van der Waals surface area contributed by atoms with Crippen molar-refractivity contribution in [3.8, 4) is 22.6 Å². The lowest BCUT2D eigenvalue weighted by atomic mass is 10.0. The third-order valence-corrected chi connectivity index (χ3v) is 2.57. The molecule has 88 valence electrons. The molecule has 3 nitrogen and oxygen atoms in total. The van der Waals surface area contributed by atoms with E-state index in [2.05, 4.69) is 0 Å². The van der Waals surface area contributed by atoms with Crippen LogP contribution in [-0.4, -0.2) is 14.2 Å². The first kappa shape index (κ1) is 11.3. The molecule has 2 aromatic rings. The molecular formula is C14H15NO2. The van der Waals surface area contributed by atoms with Crippen LogP contribution in [0.5, 0.6) is 11.5 Å². The molecule has 0 heterocycles. The fourth-order valence-electron chi connectivity index (χ4n) is 1.69. The molecule has 0 aliphatic rings. The summed E-state index contributed by atoms with van der Waals surface area (Å²) in [4.78, 5) is 0. The molecule has 17 heavy (non-hydrogen) atoms. The number of hydrogen-bond donors (Lipinski definition) is 1. The standard InChI is InChI=1S/C14H15NO2/c1-16-13-7-11(8-14(9-13)17-2)10-4-3-5-12(15)6-10/h3-9H,15H2,1-2H3. The lowest BCUT2D eigenvalue weighted by Crippen LogP contribution is -1.90. The van der Waals surface area contributed by atoms with Crippen LogP contribution in [0.3, 0.4) is 0 Å². The Morgan fingerprint density at radius 1 is 0.824 bits per heavy atom. The first-order chi connectivity index (χ1) is 8.22. The van der Waals surface area contributed by atoms with Gasteiger partial charge in [-0.15, -0.1) is 0 Å². The molecule has 3 heteroatoms. The van der Waals surface area contributed by atoms with E-state index in [0.29, 0.717) is 0 Å². The summed E-state index contributed by atoms with van der Waals surface area (Å²) in [5.74, 6) is 1.53. The van der Waals surface area contributed by atoms with E-state index >= 15 is 0 Å². The van der Waals surface area contributed by atoms with Crippen molar-refractivity contribution in [3.05, 3.63) is 42.5 Å².